The van der Waals surface area contributed by atoms with Crippen molar-refractivity contribution in [2.24, 2.45) is 0 Å². The molecular weight excluding hydrogens is 454 g/mol. The van der Waals surface area contributed by atoms with E-state index in [-0.39, 0.29) is 12.4 Å². The Morgan fingerprint density at radius 3 is 2.39 bits per heavy atom. The van der Waals surface area contributed by atoms with Gasteiger partial charge < -0.3 is 24.6 Å². The van der Waals surface area contributed by atoms with Crippen LogP contribution in [0.3, 0.4) is 0 Å². The van der Waals surface area contributed by atoms with Crippen molar-refractivity contribution in [3.63, 3.8) is 0 Å². The Morgan fingerprint density at radius 2 is 1.75 bits per heavy atom. The van der Waals surface area contributed by atoms with E-state index >= 15 is 0 Å². The second-order valence-corrected chi connectivity index (χ2v) is 8.93. The predicted molar refractivity (Wildman–Crippen MR) is 143 cm³/mol. The Bertz CT molecular complexity index is 1130. The van der Waals surface area contributed by atoms with Gasteiger partial charge in [0.05, 0.1) is 19.0 Å². The van der Waals surface area contributed by atoms with Crippen LogP contribution in [0.4, 0.5) is 17.3 Å². The van der Waals surface area contributed by atoms with Crippen molar-refractivity contribution >= 4 is 23.1 Å². The van der Waals surface area contributed by atoms with Gasteiger partial charge in [-0.1, -0.05) is 13.0 Å². The molecule has 0 spiro atoms. The Kier molecular flexibility index (Phi) is 8.86. The predicted octanol–water partition coefficient (Wildman–Crippen LogP) is 3.99. The summed E-state index contributed by atoms with van der Waals surface area (Å²) in [6.07, 6.45) is 5.33. The van der Waals surface area contributed by atoms with E-state index in [4.69, 9.17) is 9.47 Å². The van der Waals surface area contributed by atoms with Crippen LogP contribution in [0.15, 0.2) is 54.9 Å². The highest BCUT2D eigenvalue weighted by atomic mass is 16.5. The molecule has 8 heteroatoms. The molecule has 3 heterocycles. The van der Waals surface area contributed by atoms with Crippen molar-refractivity contribution in [1.29, 1.82) is 0 Å². The fourth-order valence-electron chi connectivity index (χ4n) is 4.32. The first-order chi connectivity index (χ1) is 17.6. The molecule has 1 aliphatic rings. The SMILES string of the molecule is CCN1CCN(c2ccc(Nc3ccc(CCc4cc(OC)cc(C(=O)COC)c4)cn3)cn2)CC1. The second kappa shape index (κ2) is 12.5. The number of likely N-dealkylation sites (N-methyl/N-ethyl adjacent to an activating group) is 1. The number of methoxy groups -OCH3 is 2. The van der Waals surface area contributed by atoms with E-state index in [0.29, 0.717) is 11.3 Å². The normalized spacial score (nSPS) is 14.0. The highest BCUT2D eigenvalue weighted by Gasteiger charge is 2.16. The summed E-state index contributed by atoms with van der Waals surface area (Å²) in [6, 6.07) is 13.8. The molecule has 1 saturated heterocycles. The molecule has 0 saturated carbocycles. The lowest BCUT2D eigenvalue weighted by molar-refractivity contribution is 0.0847. The van der Waals surface area contributed by atoms with E-state index in [2.05, 4.69) is 50.2 Å². The van der Waals surface area contributed by atoms with Crippen molar-refractivity contribution in [2.45, 2.75) is 19.8 Å². The largest absolute Gasteiger partial charge is 0.497 e. The molecule has 1 aromatic carbocycles. The third-order valence-corrected chi connectivity index (χ3v) is 6.49. The Hall–Kier alpha value is -3.49. The third kappa shape index (κ3) is 6.80. The number of hydrogen-bond acceptors (Lipinski definition) is 8. The maximum absolute atomic E-state index is 12.2. The number of piperazine rings is 1. The lowest BCUT2D eigenvalue weighted by atomic mass is 10.0. The number of benzene rings is 1. The smallest absolute Gasteiger partial charge is 0.188 e. The molecule has 4 rings (SSSR count). The number of ether oxygens (including phenoxy) is 2. The zero-order valence-corrected chi connectivity index (χ0v) is 21.4. The van der Waals surface area contributed by atoms with Crippen molar-refractivity contribution in [1.82, 2.24) is 14.9 Å². The van der Waals surface area contributed by atoms with Gasteiger partial charge in [-0.05, 0) is 66.9 Å². The van der Waals surface area contributed by atoms with Gasteiger partial charge in [-0.3, -0.25) is 4.79 Å². The number of pyridine rings is 2. The molecule has 1 N–H and O–H groups in total. The summed E-state index contributed by atoms with van der Waals surface area (Å²) in [7, 11) is 3.13. The fraction of sp³-hybridized carbons (Fsp3) is 0.393. The van der Waals surface area contributed by atoms with Crippen molar-refractivity contribution < 1.29 is 14.3 Å². The highest BCUT2D eigenvalue weighted by Crippen LogP contribution is 2.21. The highest BCUT2D eigenvalue weighted by molar-refractivity contribution is 5.97. The molecule has 0 unspecified atom stereocenters. The molecule has 190 valence electrons. The number of aromatic nitrogens is 2. The van der Waals surface area contributed by atoms with E-state index in [1.165, 1.54) is 7.11 Å². The molecule has 2 aromatic heterocycles. The van der Waals surface area contributed by atoms with Crippen LogP contribution in [0.2, 0.25) is 0 Å². The number of Topliss-reactive ketones (excluding diaryl/α,β-unsaturated/α-hetero) is 1. The number of nitrogens with zero attached hydrogens (tertiary/aromatic N) is 4. The lowest BCUT2D eigenvalue weighted by Gasteiger charge is -2.34. The van der Waals surface area contributed by atoms with E-state index in [0.717, 1.165) is 74.0 Å². The van der Waals surface area contributed by atoms with Gasteiger partial charge in [0.2, 0.25) is 0 Å². The molecule has 1 aliphatic heterocycles. The van der Waals surface area contributed by atoms with Crippen LogP contribution in [0, 0.1) is 0 Å². The van der Waals surface area contributed by atoms with Crippen LogP contribution < -0.4 is 15.0 Å². The Labute approximate surface area is 213 Å². The number of aryl methyl sites for hydroxylation is 2. The van der Waals surface area contributed by atoms with Gasteiger partial charge in [-0.2, -0.15) is 0 Å². The molecule has 0 aliphatic carbocycles. The molecule has 0 bridgehead atoms. The van der Waals surface area contributed by atoms with Crippen LogP contribution in [-0.4, -0.2) is 74.2 Å². The molecule has 3 aromatic rings. The van der Waals surface area contributed by atoms with E-state index in [1.807, 2.05) is 30.6 Å². The number of ketones is 1. The monoisotopic (exact) mass is 489 g/mol. The molecule has 0 amide bonds. The number of nitrogens with one attached hydrogen (secondary N) is 1. The maximum atomic E-state index is 12.2. The molecule has 8 nitrogen and oxygen atoms in total. The second-order valence-electron chi connectivity index (χ2n) is 8.93. The minimum absolute atomic E-state index is 0.0548. The van der Waals surface area contributed by atoms with Gasteiger partial charge in [0.15, 0.2) is 5.78 Å². The van der Waals surface area contributed by atoms with E-state index in [1.54, 1.807) is 13.2 Å². The molecule has 0 atom stereocenters. The minimum Gasteiger partial charge on any atom is -0.497 e. The molecule has 1 fully saturated rings. The van der Waals surface area contributed by atoms with Gasteiger partial charge in [-0.15, -0.1) is 0 Å². The van der Waals surface area contributed by atoms with Gasteiger partial charge in [0.25, 0.3) is 0 Å². The van der Waals surface area contributed by atoms with Crippen molar-refractivity contribution in [3.8, 4) is 5.75 Å². The number of rotatable bonds is 11. The Morgan fingerprint density at radius 1 is 0.944 bits per heavy atom. The van der Waals surface area contributed by atoms with Gasteiger partial charge in [0, 0.05) is 45.0 Å². The van der Waals surface area contributed by atoms with E-state index < -0.39 is 0 Å². The number of carbonyl (C=O) groups is 1. The first-order valence-electron chi connectivity index (χ1n) is 12.4. The summed E-state index contributed by atoms with van der Waals surface area (Å²) in [5, 5.41) is 3.33. The molecule has 0 radical (unpaired) electrons. The van der Waals surface area contributed by atoms with Gasteiger partial charge in [0.1, 0.15) is 24.0 Å². The zero-order valence-electron chi connectivity index (χ0n) is 21.4. The minimum atomic E-state index is -0.0590. The van der Waals surface area contributed by atoms with Gasteiger partial charge >= 0.3 is 0 Å². The first kappa shape index (κ1) is 25.6. The summed E-state index contributed by atoms with van der Waals surface area (Å²) < 4.78 is 10.4. The zero-order chi connectivity index (χ0) is 25.3. The number of hydrogen-bond donors (Lipinski definition) is 1. The average molecular weight is 490 g/mol. The maximum Gasteiger partial charge on any atom is 0.188 e. The third-order valence-electron chi connectivity index (χ3n) is 6.49. The van der Waals surface area contributed by atoms with Crippen molar-refractivity contribution in [3.05, 3.63) is 71.5 Å². The molecule has 36 heavy (non-hydrogen) atoms. The average Bonchev–Trinajstić information content (AvgIpc) is 2.93. The number of carbonyl (C=O) groups excluding carboxylic acids is 1. The summed E-state index contributed by atoms with van der Waals surface area (Å²) in [4.78, 5) is 26.3. The standard InChI is InChI=1S/C28H35N5O3/c1-4-32-11-13-33(14-12-32)28-10-8-24(19-30-28)31-27-9-7-21(18-29-27)5-6-22-15-23(26(34)20-35-2)17-25(16-22)36-3/h7-10,15-19H,4-6,11-14,20H2,1-3H3,(H,29,31). The number of anilines is 3. The summed E-state index contributed by atoms with van der Waals surface area (Å²) >= 11 is 0. The van der Waals surface area contributed by atoms with Gasteiger partial charge in [-0.25, -0.2) is 9.97 Å². The Balaban J connectivity index is 1.32. The topological polar surface area (TPSA) is 79.8 Å². The summed E-state index contributed by atoms with van der Waals surface area (Å²) in [5.74, 6) is 2.41. The lowest BCUT2D eigenvalue weighted by Crippen LogP contribution is -2.46. The first-order valence-corrected chi connectivity index (χ1v) is 12.4. The van der Waals surface area contributed by atoms with Crippen LogP contribution in [-0.2, 0) is 17.6 Å². The summed E-state index contributed by atoms with van der Waals surface area (Å²) in [5.41, 5.74) is 3.67. The fourth-order valence-corrected chi connectivity index (χ4v) is 4.32. The summed E-state index contributed by atoms with van der Waals surface area (Å²) in [6.45, 7) is 7.55. The molecular formula is C28H35N5O3. The van der Waals surface area contributed by atoms with Crippen molar-refractivity contribution in [2.75, 3.05) is 63.8 Å². The van der Waals surface area contributed by atoms with Crippen LogP contribution in [0.1, 0.15) is 28.4 Å². The van der Waals surface area contributed by atoms with Crippen LogP contribution in [0.25, 0.3) is 0 Å². The van der Waals surface area contributed by atoms with E-state index in [9.17, 15) is 4.79 Å². The van der Waals surface area contributed by atoms with Crippen LogP contribution >= 0.6 is 0 Å². The quantitative estimate of drug-likeness (QED) is 0.405. The van der Waals surface area contributed by atoms with Crippen LogP contribution in [0.5, 0.6) is 5.75 Å².